The molecule has 0 heteroatoms. The van der Waals surface area contributed by atoms with Crippen molar-refractivity contribution in [2.24, 2.45) is 0 Å². The molecule has 104 valence electrons. The standard InChI is InChI=1S/C18H32/c1-3-5-7-9-11-13-15-17-18-16-14-12-10-8-6-4-2/h1-9,11,13-18H2. The van der Waals surface area contributed by atoms with Crippen LogP contribution in [0.3, 0.4) is 0 Å². The number of hydrogen-bond donors (Lipinski definition) is 0. The Hall–Kier alpha value is -0.440. The highest BCUT2D eigenvalue weighted by Gasteiger charge is 1.91. The van der Waals surface area contributed by atoms with Crippen molar-refractivity contribution in [1.29, 1.82) is 0 Å². The zero-order chi connectivity index (χ0) is 13.3. The first kappa shape index (κ1) is 17.6. The molecule has 0 saturated carbocycles. The van der Waals surface area contributed by atoms with Gasteiger partial charge in [0.15, 0.2) is 0 Å². The average Bonchev–Trinajstić information content (AvgIpc) is 2.39. The molecule has 0 rings (SSSR count). The van der Waals surface area contributed by atoms with Gasteiger partial charge in [0.05, 0.1) is 0 Å². The van der Waals surface area contributed by atoms with E-state index in [-0.39, 0.29) is 0 Å². The Morgan fingerprint density at radius 3 is 1.33 bits per heavy atom. The summed E-state index contributed by atoms with van der Waals surface area (Å²) >= 11 is 0. The summed E-state index contributed by atoms with van der Waals surface area (Å²) in [4.78, 5) is 0. The summed E-state index contributed by atoms with van der Waals surface area (Å²) in [5.74, 6) is 6.48. The Bertz CT molecular complexity index is 194. The van der Waals surface area contributed by atoms with E-state index in [1.54, 1.807) is 0 Å². The second-order valence-electron chi connectivity index (χ2n) is 5.10. The van der Waals surface area contributed by atoms with Gasteiger partial charge in [-0.1, -0.05) is 78.1 Å². The van der Waals surface area contributed by atoms with Crippen molar-refractivity contribution in [3.63, 3.8) is 0 Å². The van der Waals surface area contributed by atoms with Crippen LogP contribution in [0.15, 0.2) is 0 Å². The van der Waals surface area contributed by atoms with Gasteiger partial charge >= 0.3 is 0 Å². The van der Waals surface area contributed by atoms with Crippen LogP contribution >= 0.6 is 0 Å². The van der Waals surface area contributed by atoms with Gasteiger partial charge in [-0.3, -0.25) is 0 Å². The van der Waals surface area contributed by atoms with Crippen LogP contribution in [0, 0.1) is 25.7 Å². The van der Waals surface area contributed by atoms with Crippen LogP contribution in [0.4, 0.5) is 0 Å². The molecule has 0 aliphatic heterocycles. The van der Waals surface area contributed by atoms with Crippen LogP contribution in [-0.4, -0.2) is 0 Å². The van der Waals surface area contributed by atoms with E-state index in [1.807, 2.05) is 0 Å². The van der Waals surface area contributed by atoms with E-state index in [0.717, 1.165) is 32.1 Å². The molecule has 0 nitrogen and oxygen atoms in total. The molecule has 0 atom stereocenters. The molecule has 0 aromatic carbocycles. The van der Waals surface area contributed by atoms with Gasteiger partial charge in [-0.15, -0.1) is 11.8 Å². The molecule has 0 saturated heterocycles. The maximum atomic E-state index is 3.87. The summed E-state index contributed by atoms with van der Waals surface area (Å²) in [5.41, 5.74) is 0. The summed E-state index contributed by atoms with van der Waals surface area (Å²) in [6, 6.07) is 0. The first-order valence-corrected chi connectivity index (χ1v) is 7.96. The van der Waals surface area contributed by atoms with Crippen LogP contribution in [0.25, 0.3) is 0 Å². The van der Waals surface area contributed by atoms with Crippen LogP contribution in [-0.2, 0) is 0 Å². The van der Waals surface area contributed by atoms with Crippen molar-refractivity contribution in [3.05, 3.63) is 13.8 Å². The molecule has 0 aromatic rings. The Kier molecular flexibility index (Phi) is 16.2. The minimum atomic E-state index is 1.02. The smallest absolute Gasteiger partial charge is 0.00886 e. The maximum absolute atomic E-state index is 3.87. The lowest BCUT2D eigenvalue weighted by atomic mass is 10.1. The Balaban J connectivity index is 3.00. The SMILES string of the molecule is [CH2]CCCC#CCCCCCCCCCCC[CH2]. The maximum Gasteiger partial charge on any atom is 0.00886 e. The highest BCUT2D eigenvalue weighted by atomic mass is 14.0. The van der Waals surface area contributed by atoms with Crippen molar-refractivity contribution in [3.8, 4) is 11.8 Å². The van der Waals surface area contributed by atoms with E-state index in [4.69, 9.17) is 0 Å². The molecule has 2 radical (unpaired) electrons. The molecule has 0 N–H and O–H groups in total. The number of rotatable bonds is 12. The van der Waals surface area contributed by atoms with E-state index in [9.17, 15) is 0 Å². The minimum absolute atomic E-state index is 1.02. The largest absolute Gasteiger partial charge is 0.103 e. The van der Waals surface area contributed by atoms with Crippen LogP contribution in [0.2, 0.25) is 0 Å². The molecule has 0 amide bonds. The number of unbranched alkanes of at least 4 members (excludes halogenated alkanes) is 12. The highest BCUT2D eigenvalue weighted by Crippen LogP contribution is 2.10. The lowest BCUT2D eigenvalue weighted by Crippen LogP contribution is -1.81. The molecule has 0 heterocycles. The molecular weight excluding hydrogens is 216 g/mol. The van der Waals surface area contributed by atoms with Crippen molar-refractivity contribution in [2.45, 2.75) is 89.9 Å². The topological polar surface area (TPSA) is 0 Å². The first-order chi connectivity index (χ1) is 8.91. The normalized spacial score (nSPS) is 10.1. The molecule has 0 aromatic heterocycles. The third-order valence-corrected chi connectivity index (χ3v) is 3.23. The zero-order valence-electron chi connectivity index (χ0n) is 12.3. The van der Waals surface area contributed by atoms with Gasteiger partial charge in [-0.05, 0) is 12.8 Å². The summed E-state index contributed by atoms with van der Waals surface area (Å²) in [5, 5.41) is 0. The molecule has 0 fully saturated rings. The second kappa shape index (κ2) is 16.6. The fourth-order valence-corrected chi connectivity index (χ4v) is 2.02. The van der Waals surface area contributed by atoms with Crippen LogP contribution in [0.5, 0.6) is 0 Å². The fraction of sp³-hybridized carbons (Fsp3) is 0.778. The quantitative estimate of drug-likeness (QED) is 0.288. The van der Waals surface area contributed by atoms with Gasteiger partial charge in [0.25, 0.3) is 0 Å². The number of hydrogen-bond acceptors (Lipinski definition) is 0. The average molecular weight is 248 g/mol. The van der Waals surface area contributed by atoms with E-state index in [0.29, 0.717) is 0 Å². The highest BCUT2D eigenvalue weighted by molar-refractivity contribution is 4.98. The van der Waals surface area contributed by atoms with Crippen molar-refractivity contribution in [2.75, 3.05) is 0 Å². The lowest BCUT2D eigenvalue weighted by molar-refractivity contribution is 0.562. The Labute approximate surface area is 116 Å². The van der Waals surface area contributed by atoms with Crippen LogP contribution < -0.4 is 0 Å². The summed E-state index contributed by atoms with van der Waals surface area (Å²) < 4.78 is 0. The molecule has 0 bridgehead atoms. The van der Waals surface area contributed by atoms with Gasteiger partial charge in [0, 0.05) is 12.8 Å². The summed E-state index contributed by atoms with van der Waals surface area (Å²) in [6.45, 7) is 7.68. The van der Waals surface area contributed by atoms with Gasteiger partial charge in [0.2, 0.25) is 0 Å². The molecule has 0 aliphatic carbocycles. The molecule has 0 aliphatic rings. The van der Waals surface area contributed by atoms with E-state index in [1.165, 1.54) is 57.8 Å². The predicted octanol–water partition coefficient (Wildman–Crippen LogP) is 6.12. The lowest BCUT2D eigenvalue weighted by Gasteiger charge is -2.00. The van der Waals surface area contributed by atoms with E-state index >= 15 is 0 Å². The third kappa shape index (κ3) is 15.6. The van der Waals surface area contributed by atoms with Crippen molar-refractivity contribution in [1.82, 2.24) is 0 Å². The van der Waals surface area contributed by atoms with Gasteiger partial charge in [-0.25, -0.2) is 0 Å². The van der Waals surface area contributed by atoms with E-state index in [2.05, 4.69) is 25.7 Å². The molecule has 18 heavy (non-hydrogen) atoms. The minimum Gasteiger partial charge on any atom is -0.103 e. The monoisotopic (exact) mass is 248 g/mol. The zero-order valence-corrected chi connectivity index (χ0v) is 12.3. The van der Waals surface area contributed by atoms with Gasteiger partial charge < -0.3 is 0 Å². The van der Waals surface area contributed by atoms with Gasteiger partial charge in [0.1, 0.15) is 0 Å². The Morgan fingerprint density at radius 2 is 0.833 bits per heavy atom. The molecule has 0 spiro atoms. The second-order valence-corrected chi connectivity index (χ2v) is 5.10. The predicted molar refractivity (Wildman–Crippen MR) is 83.1 cm³/mol. The molecule has 0 unspecified atom stereocenters. The third-order valence-electron chi connectivity index (χ3n) is 3.23. The van der Waals surface area contributed by atoms with Gasteiger partial charge in [-0.2, -0.15) is 0 Å². The van der Waals surface area contributed by atoms with Crippen molar-refractivity contribution < 1.29 is 0 Å². The summed E-state index contributed by atoms with van der Waals surface area (Å²) in [6.07, 6.45) is 17.8. The molecular formula is C18H32. The van der Waals surface area contributed by atoms with Crippen LogP contribution in [0.1, 0.15) is 89.9 Å². The summed E-state index contributed by atoms with van der Waals surface area (Å²) in [7, 11) is 0. The fourth-order valence-electron chi connectivity index (χ4n) is 2.02. The van der Waals surface area contributed by atoms with Crippen molar-refractivity contribution >= 4 is 0 Å². The van der Waals surface area contributed by atoms with E-state index < -0.39 is 0 Å². The Morgan fingerprint density at radius 1 is 0.444 bits per heavy atom. The first-order valence-electron chi connectivity index (χ1n) is 7.96.